The molecule has 0 saturated heterocycles. The molecule has 4 nitrogen and oxygen atoms in total. The van der Waals surface area contributed by atoms with Crippen LogP contribution < -0.4 is 4.74 Å². The predicted molar refractivity (Wildman–Crippen MR) is 67.2 cm³/mol. The summed E-state index contributed by atoms with van der Waals surface area (Å²) in [7, 11) is 0. The van der Waals surface area contributed by atoms with Gasteiger partial charge in [-0.15, -0.1) is 0 Å². The van der Waals surface area contributed by atoms with Crippen LogP contribution in [-0.2, 0) is 6.61 Å². The zero-order valence-corrected chi connectivity index (χ0v) is 10.5. The van der Waals surface area contributed by atoms with Crippen molar-refractivity contribution in [2.75, 3.05) is 0 Å². The third-order valence-electron chi connectivity index (χ3n) is 1.88. The molecule has 0 bridgehead atoms. The van der Waals surface area contributed by atoms with Crippen molar-refractivity contribution in [3.8, 4) is 11.6 Å². The molecule has 16 heavy (non-hydrogen) atoms. The predicted octanol–water partition coefficient (Wildman–Crippen LogP) is 2.37. The molecule has 1 N–H and O–H groups in total. The van der Waals surface area contributed by atoms with Gasteiger partial charge in [-0.3, -0.25) is 4.98 Å². The van der Waals surface area contributed by atoms with E-state index in [-0.39, 0.29) is 6.61 Å². The van der Waals surface area contributed by atoms with Crippen LogP contribution in [0.3, 0.4) is 0 Å². The van der Waals surface area contributed by atoms with Gasteiger partial charge in [0.05, 0.1) is 28.3 Å². The summed E-state index contributed by atoms with van der Waals surface area (Å²) in [5.41, 5.74) is 0.489. The first-order valence-corrected chi connectivity index (χ1v) is 5.71. The Kier molecular flexibility index (Phi) is 3.68. The summed E-state index contributed by atoms with van der Waals surface area (Å²) in [5, 5.41) is 8.92. The highest BCUT2D eigenvalue weighted by Crippen LogP contribution is 2.24. The fourth-order valence-corrected chi connectivity index (χ4v) is 1.65. The minimum Gasteiger partial charge on any atom is -0.436 e. The Bertz CT molecular complexity index is 491. The largest absolute Gasteiger partial charge is 0.436 e. The second-order valence-corrected chi connectivity index (χ2v) is 4.20. The lowest BCUT2D eigenvalue weighted by Crippen LogP contribution is -1.95. The zero-order chi connectivity index (χ0) is 11.4. The smallest absolute Gasteiger partial charge is 0.238 e. The summed E-state index contributed by atoms with van der Waals surface area (Å²) in [4.78, 5) is 8.02. The summed E-state index contributed by atoms with van der Waals surface area (Å²) in [5.74, 6) is 1.11. The van der Waals surface area contributed by atoms with Crippen molar-refractivity contribution in [2.24, 2.45) is 0 Å². The number of aromatic nitrogens is 2. The maximum Gasteiger partial charge on any atom is 0.238 e. The highest BCUT2D eigenvalue weighted by atomic mass is 127. The van der Waals surface area contributed by atoms with Crippen molar-refractivity contribution in [2.45, 2.75) is 6.61 Å². The van der Waals surface area contributed by atoms with E-state index in [2.05, 4.69) is 32.6 Å². The summed E-state index contributed by atoms with van der Waals surface area (Å²) in [6.07, 6.45) is 3.02. The van der Waals surface area contributed by atoms with Crippen molar-refractivity contribution in [3.05, 3.63) is 45.9 Å². The Hall–Kier alpha value is -1.21. The molecule has 82 valence electrons. The van der Waals surface area contributed by atoms with Crippen LogP contribution in [0.1, 0.15) is 5.69 Å². The van der Waals surface area contributed by atoms with Crippen LogP contribution in [0.15, 0.2) is 36.7 Å². The van der Waals surface area contributed by atoms with Crippen molar-refractivity contribution in [3.63, 3.8) is 0 Å². The summed E-state index contributed by atoms with van der Waals surface area (Å²) in [6, 6.07) is 7.62. The van der Waals surface area contributed by atoms with Gasteiger partial charge in [-0.25, -0.2) is 4.98 Å². The molecule has 1 heterocycles. The van der Waals surface area contributed by atoms with Gasteiger partial charge in [0, 0.05) is 0 Å². The fourth-order valence-electron chi connectivity index (χ4n) is 1.15. The van der Waals surface area contributed by atoms with E-state index in [0.717, 1.165) is 9.32 Å². The SMILES string of the molecule is OCc1cncc(Oc2ccccc2I)n1. The molecule has 0 aliphatic heterocycles. The van der Waals surface area contributed by atoms with Crippen molar-refractivity contribution >= 4 is 22.6 Å². The van der Waals surface area contributed by atoms with Crippen molar-refractivity contribution < 1.29 is 9.84 Å². The van der Waals surface area contributed by atoms with Gasteiger partial charge < -0.3 is 9.84 Å². The zero-order valence-electron chi connectivity index (χ0n) is 8.30. The number of para-hydroxylation sites is 1. The van der Waals surface area contributed by atoms with Crippen LogP contribution >= 0.6 is 22.6 Å². The van der Waals surface area contributed by atoms with Gasteiger partial charge in [-0.1, -0.05) is 12.1 Å². The molecule has 2 aromatic rings. The van der Waals surface area contributed by atoms with Crippen molar-refractivity contribution in [1.82, 2.24) is 9.97 Å². The normalized spacial score (nSPS) is 10.1. The number of aliphatic hydroxyl groups is 1. The van der Waals surface area contributed by atoms with E-state index in [1.807, 2.05) is 24.3 Å². The summed E-state index contributed by atoms with van der Waals surface area (Å²) >= 11 is 2.18. The number of rotatable bonds is 3. The minimum absolute atomic E-state index is 0.143. The number of halogens is 1. The average Bonchev–Trinajstić information content (AvgIpc) is 2.32. The second kappa shape index (κ2) is 5.22. The lowest BCUT2D eigenvalue weighted by molar-refractivity contribution is 0.274. The molecule has 0 fully saturated rings. The van der Waals surface area contributed by atoms with Gasteiger partial charge >= 0.3 is 0 Å². The molecule has 0 saturated carbocycles. The molecule has 0 amide bonds. The van der Waals surface area contributed by atoms with E-state index >= 15 is 0 Å². The Morgan fingerprint density at radius 2 is 2.06 bits per heavy atom. The van der Waals surface area contributed by atoms with Crippen LogP contribution in [0.5, 0.6) is 11.6 Å². The number of nitrogens with zero attached hydrogens (tertiary/aromatic N) is 2. The topological polar surface area (TPSA) is 55.2 Å². The monoisotopic (exact) mass is 328 g/mol. The first-order chi connectivity index (χ1) is 7.79. The van der Waals surface area contributed by atoms with E-state index < -0.39 is 0 Å². The highest BCUT2D eigenvalue weighted by molar-refractivity contribution is 14.1. The highest BCUT2D eigenvalue weighted by Gasteiger charge is 2.03. The Morgan fingerprint density at radius 3 is 2.81 bits per heavy atom. The molecular weight excluding hydrogens is 319 g/mol. The Labute approximate surface area is 106 Å². The number of hydrogen-bond acceptors (Lipinski definition) is 4. The third-order valence-corrected chi connectivity index (χ3v) is 2.77. The number of hydrogen-bond donors (Lipinski definition) is 1. The second-order valence-electron chi connectivity index (χ2n) is 3.04. The lowest BCUT2D eigenvalue weighted by Gasteiger charge is -2.06. The van der Waals surface area contributed by atoms with E-state index in [4.69, 9.17) is 9.84 Å². The summed E-state index contributed by atoms with van der Waals surface area (Å²) in [6.45, 7) is -0.143. The van der Waals surface area contributed by atoms with Crippen LogP contribution in [0.2, 0.25) is 0 Å². The molecule has 0 aliphatic rings. The molecule has 5 heteroatoms. The maximum absolute atomic E-state index is 8.92. The molecule has 0 atom stereocenters. The lowest BCUT2D eigenvalue weighted by atomic mass is 10.3. The van der Waals surface area contributed by atoms with Crippen LogP contribution in [0.25, 0.3) is 0 Å². The average molecular weight is 328 g/mol. The van der Waals surface area contributed by atoms with E-state index in [1.165, 1.54) is 12.4 Å². The minimum atomic E-state index is -0.143. The third kappa shape index (κ3) is 2.67. The summed E-state index contributed by atoms with van der Waals surface area (Å²) < 4.78 is 6.56. The van der Waals surface area contributed by atoms with Gasteiger partial charge in [0.1, 0.15) is 5.75 Å². The first-order valence-electron chi connectivity index (χ1n) is 4.64. The molecule has 1 aromatic heterocycles. The van der Waals surface area contributed by atoms with Gasteiger partial charge in [0.2, 0.25) is 5.88 Å². The van der Waals surface area contributed by atoms with Crippen molar-refractivity contribution in [1.29, 1.82) is 0 Å². The fraction of sp³-hybridized carbons (Fsp3) is 0.0909. The first kappa shape index (κ1) is 11.3. The molecule has 0 unspecified atom stereocenters. The quantitative estimate of drug-likeness (QED) is 0.879. The van der Waals surface area contributed by atoms with E-state index in [1.54, 1.807) is 0 Å². The Balaban J connectivity index is 2.24. The van der Waals surface area contributed by atoms with Gasteiger partial charge in [-0.05, 0) is 34.7 Å². The van der Waals surface area contributed by atoms with E-state index in [9.17, 15) is 0 Å². The van der Waals surface area contributed by atoms with Crippen LogP contribution in [0, 0.1) is 3.57 Å². The maximum atomic E-state index is 8.92. The molecule has 0 aliphatic carbocycles. The number of aliphatic hydroxyl groups excluding tert-OH is 1. The van der Waals surface area contributed by atoms with E-state index in [0.29, 0.717) is 11.6 Å². The molecule has 2 rings (SSSR count). The molecule has 0 radical (unpaired) electrons. The molecule has 0 spiro atoms. The van der Waals surface area contributed by atoms with Gasteiger partial charge in [0.15, 0.2) is 0 Å². The van der Waals surface area contributed by atoms with Crippen LogP contribution in [-0.4, -0.2) is 15.1 Å². The number of benzene rings is 1. The van der Waals surface area contributed by atoms with Gasteiger partial charge in [0.25, 0.3) is 0 Å². The Morgan fingerprint density at radius 1 is 1.25 bits per heavy atom. The van der Waals surface area contributed by atoms with Crippen LogP contribution in [0.4, 0.5) is 0 Å². The van der Waals surface area contributed by atoms with Gasteiger partial charge in [-0.2, -0.15) is 0 Å². The molecule has 1 aromatic carbocycles. The standard InChI is InChI=1S/C11H9IN2O2/c12-9-3-1-2-4-10(9)16-11-6-13-5-8(7-15)14-11/h1-6,15H,7H2. The number of ether oxygens (including phenoxy) is 1. The molecular formula is C11H9IN2O2.